The van der Waals surface area contributed by atoms with Crippen LogP contribution in [0.4, 0.5) is 33.6 Å². The van der Waals surface area contributed by atoms with Gasteiger partial charge in [-0.15, -0.1) is 0 Å². The molecule has 9 heteroatoms. The van der Waals surface area contributed by atoms with Gasteiger partial charge in [-0.25, -0.2) is 13.8 Å². The number of hydrogen-bond donors (Lipinski definition) is 2. The van der Waals surface area contributed by atoms with Gasteiger partial charge in [-0.2, -0.15) is 13.2 Å². The standard InChI is InChI=1S/C10H12F5N3O/c1-16-8-6(11)4-7(12)9(18-8)17-2-3-19-5-10(13,14)15/h4H,2-3,5H2,1H3,(H2,16,17,18). The summed E-state index contributed by atoms with van der Waals surface area (Å²) in [4.78, 5) is 3.59. The quantitative estimate of drug-likeness (QED) is 0.622. The van der Waals surface area contributed by atoms with Gasteiger partial charge >= 0.3 is 6.18 Å². The summed E-state index contributed by atoms with van der Waals surface area (Å²) in [5.41, 5.74) is 0. The van der Waals surface area contributed by atoms with Crippen LogP contribution >= 0.6 is 0 Å². The van der Waals surface area contributed by atoms with Gasteiger partial charge in [0, 0.05) is 19.7 Å². The third kappa shape index (κ3) is 5.25. The first-order chi connectivity index (χ1) is 8.83. The van der Waals surface area contributed by atoms with Crippen molar-refractivity contribution < 1.29 is 26.7 Å². The second-order valence-electron chi connectivity index (χ2n) is 3.49. The molecular formula is C10H12F5N3O. The molecule has 0 spiro atoms. The number of nitrogens with zero attached hydrogens (tertiary/aromatic N) is 1. The van der Waals surface area contributed by atoms with E-state index in [-0.39, 0.29) is 24.8 Å². The van der Waals surface area contributed by atoms with Crippen LogP contribution in [0.2, 0.25) is 0 Å². The van der Waals surface area contributed by atoms with Crippen LogP contribution in [0.15, 0.2) is 6.07 Å². The van der Waals surface area contributed by atoms with Gasteiger partial charge in [0.05, 0.1) is 6.61 Å². The average molecular weight is 285 g/mol. The smallest absolute Gasteiger partial charge is 0.371 e. The summed E-state index contributed by atoms with van der Waals surface area (Å²) >= 11 is 0. The zero-order chi connectivity index (χ0) is 14.5. The topological polar surface area (TPSA) is 46.2 Å². The minimum Gasteiger partial charge on any atom is -0.371 e. The summed E-state index contributed by atoms with van der Waals surface area (Å²) in [5.74, 6) is -2.23. The summed E-state index contributed by atoms with van der Waals surface area (Å²) in [6.07, 6.45) is -4.40. The molecule has 0 radical (unpaired) electrons. The summed E-state index contributed by atoms with van der Waals surface area (Å²) in [7, 11) is 1.40. The van der Waals surface area contributed by atoms with Crippen molar-refractivity contribution in [2.75, 3.05) is 37.4 Å². The molecule has 1 heterocycles. The fraction of sp³-hybridized carbons (Fsp3) is 0.500. The Bertz CT molecular complexity index is 424. The van der Waals surface area contributed by atoms with Crippen LogP contribution in [0.3, 0.4) is 0 Å². The molecule has 4 nitrogen and oxygen atoms in total. The number of pyridine rings is 1. The Morgan fingerprint density at radius 1 is 1.21 bits per heavy atom. The summed E-state index contributed by atoms with van der Waals surface area (Å²) in [6.45, 7) is -1.75. The largest absolute Gasteiger partial charge is 0.411 e. The van der Waals surface area contributed by atoms with E-state index in [1.54, 1.807) is 0 Å². The number of rotatable bonds is 6. The summed E-state index contributed by atoms with van der Waals surface area (Å²) in [6, 6.07) is 0.623. The van der Waals surface area contributed by atoms with Crippen molar-refractivity contribution in [3.05, 3.63) is 17.7 Å². The SMILES string of the molecule is CNc1nc(NCCOCC(F)(F)F)c(F)cc1F. The summed E-state index contributed by atoms with van der Waals surface area (Å²) in [5, 5.41) is 4.83. The van der Waals surface area contributed by atoms with Crippen LogP contribution in [0, 0.1) is 11.6 Å². The van der Waals surface area contributed by atoms with Crippen LogP contribution in [-0.2, 0) is 4.74 Å². The van der Waals surface area contributed by atoms with Crippen LogP contribution in [0.1, 0.15) is 0 Å². The molecule has 19 heavy (non-hydrogen) atoms. The fourth-order valence-electron chi connectivity index (χ4n) is 1.20. The molecule has 1 aromatic rings. The van der Waals surface area contributed by atoms with E-state index in [2.05, 4.69) is 20.4 Å². The number of hydrogen-bond acceptors (Lipinski definition) is 4. The Labute approximate surface area is 106 Å². The van der Waals surface area contributed by atoms with Crippen molar-refractivity contribution >= 4 is 11.6 Å². The third-order valence-electron chi connectivity index (χ3n) is 1.97. The molecule has 2 N–H and O–H groups in total. The van der Waals surface area contributed by atoms with E-state index < -0.39 is 24.4 Å². The van der Waals surface area contributed by atoms with Gasteiger partial charge in [-0.1, -0.05) is 0 Å². The van der Waals surface area contributed by atoms with Gasteiger partial charge in [0.1, 0.15) is 6.61 Å². The predicted molar refractivity (Wildman–Crippen MR) is 59.1 cm³/mol. The van der Waals surface area contributed by atoms with E-state index in [0.717, 1.165) is 0 Å². The monoisotopic (exact) mass is 285 g/mol. The second-order valence-corrected chi connectivity index (χ2v) is 3.49. The third-order valence-corrected chi connectivity index (χ3v) is 1.97. The lowest BCUT2D eigenvalue weighted by molar-refractivity contribution is -0.172. The Morgan fingerprint density at radius 2 is 1.84 bits per heavy atom. The Balaban J connectivity index is 2.45. The maximum atomic E-state index is 13.3. The highest BCUT2D eigenvalue weighted by Gasteiger charge is 2.27. The molecule has 108 valence electrons. The van der Waals surface area contributed by atoms with E-state index >= 15 is 0 Å². The zero-order valence-corrected chi connectivity index (χ0v) is 9.94. The van der Waals surface area contributed by atoms with Gasteiger partial charge in [-0.05, 0) is 0 Å². The van der Waals surface area contributed by atoms with Crippen molar-refractivity contribution in [3.8, 4) is 0 Å². The van der Waals surface area contributed by atoms with Gasteiger partial charge in [-0.3, -0.25) is 0 Å². The number of anilines is 2. The van der Waals surface area contributed by atoms with Gasteiger partial charge in [0.2, 0.25) is 0 Å². The molecule has 0 saturated heterocycles. The Hall–Kier alpha value is -1.64. The average Bonchev–Trinajstić information content (AvgIpc) is 2.29. The molecule has 0 aliphatic heterocycles. The van der Waals surface area contributed by atoms with Crippen molar-refractivity contribution in [2.45, 2.75) is 6.18 Å². The number of alkyl halides is 3. The lowest BCUT2D eigenvalue weighted by atomic mass is 10.4. The van der Waals surface area contributed by atoms with Gasteiger partial charge in [0.15, 0.2) is 23.3 Å². The molecule has 1 rings (SSSR count). The lowest BCUT2D eigenvalue weighted by Crippen LogP contribution is -2.20. The van der Waals surface area contributed by atoms with Gasteiger partial charge < -0.3 is 15.4 Å². The normalized spacial score (nSPS) is 11.5. The number of ether oxygens (including phenoxy) is 1. The van der Waals surface area contributed by atoms with Crippen LogP contribution < -0.4 is 10.6 Å². The first-order valence-electron chi connectivity index (χ1n) is 5.25. The Morgan fingerprint density at radius 3 is 2.42 bits per heavy atom. The molecule has 0 unspecified atom stereocenters. The number of nitrogens with one attached hydrogen (secondary N) is 2. The lowest BCUT2D eigenvalue weighted by Gasteiger charge is -2.10. The second kappa shape index (κ2) is 6.50. The predicted octanol–water partition coefficient (Wildman–Crippen LogP) is 2.39. The van der Waals surface area contributed by atoms with Crippen LogP contribution in [-0.4, -0.2) is 38.0 Å². The molecule has 0 amide bonds. The molecule has 0 fully saturated rings. The maximum Gasteiger partial charge on any atom is 0.411 e. The molecule has 0 aliphatic rings. The molecule has 0 atom stereocenters. The number of aromatic nitrogens is 1. The van der Waals surface area contributed by atoms with Crippen molar-refractivity contribution in [3.63, 3.8) is 0 Å². The van der Waals surface area contributed by atoms with E-state index in [1.165, 1.54) is 7.05 Å². The highest BCUT2D eigenvalue weighted by molar-refractivity contribution is 5.47. The molecule has 0 aliphatic carbocycles. The highest BCUT2D eigenvalue weighted by Crippen LogP contribution is 2.18. The van der Waals surface area contributed by atoms with Gasteiger partial charge in [0.25, 0.3) is 0 Å². The van der Waals surface area contributed by atoms with Crippen LogP contribution in [0.25, 0.3) is 0 Å². The first kappa shape index (κ1) is 15.4. The fourth-order valence-corrected chi connectivity index (χ4v) is 1.20. The number of halogens is 5. The molecular weight excluding hydrogens is 273 g/mol. The maximum absolute atomic E-state index is 13.3. The minimum absolute atomic E-state index is 0.0885. The van der Waals surface area contributed by atoms with E-state index in [9.17, 15) is 22.0 Å². The highest BCUT2D eigenvalue weighted by atomic mass is 19.4. The van der Waals surface area contributed by atoms with Crippen molar-refractivity contribution in [1.82, 2.24) is 4.98 Å². The van der Waals surface area contributed by atoms with E-state index in [4.69, 9.17) is 0 Å². The summed E-state index contributed by atoms with van der Waals surface area (Å²) < 4.78 is 65.9. The van der Waals surface area contributed by atoms with Crippen molar-refractivity contribution in [2.24, 2.45) is 0 Å². The van der Waals surface area contributed by atoms with Crippen LogP contribution in [0.5, 0.6) is 0 Å². The minimum atomic E-state index is -4.40. The van der Waals surface area contributed by atoms with E-state index in [0.29, 0.717) is 6.07 Å². The van der Waals surface area contributed by atoms with E-state index in [1.807, 2.05) is 0 Å². The van der Waals surface area contributed by atoms with Crippen molar-refractivity contribution in [1.29, 1.82) is 0 Å². The molecule has 1 aromatic heterocycles. The molecule has 0 aromatic carbocycles. The molecule has 0 bridgehead atoms. The zero-order valence-electron chi connectivity index (χ0n) is 9.94. The first-order valence-corrected chi connectivity index (χ1v) is 5.25. The Kier molecular flexibility index (Phi) is 5.28. The molecule has 0 saturated carbocycles.